The Morgan fingerprint density at radius 3 is 0.406 bits per heavy atom. The second-order valence-electron chi connectivity index (χ2n) is 19.9. The first kappa shape index (κ1) is 102. The Labute approximate surface area is 799 Å². The number of rotatable bonds is 18. The van der Waals surface area contributed by atoms with Gasteiger partial charge in [-0.3, -0.25) is 25.1 Å². The third kappa shape index (κ3) is 29.5. The Bertz CT molecular complexity index is 2590. The van der Waals surface area contributed by atoms with E-state index in [2.05, 4.69) is 25.1 Å². The van der Waals surface area contributed by atoms with Gasteiger partial charge in [-0.2, -0.15) is 0 Å². The largest absolute Gasteiger partial charge is 1.00 e. The van der Waals surface area contributed by atoms with Crippen LogP contribution in [0.25, 0.3) is 0 Å². The van der Waals surface area contributed by atoms with Gasteiger partial charge in [0.15, 0.2) is 37.7 Å². The van der Waals surface area contributed by atoms with Crippen LogP contribution < -0.4 is 308 Å². The first-order chi connectivity index (χ1) is 41.3. The average Bonchev–Trinajstić information content (AvgIpc) is 0.779. The molecule has 0 aromatic carbocycles. The van der Waals surface area contributed by atoms with Gasteiger partial charge in [-0.1, -0.05) is 0 Å². The monoisotopic (exact) mass is 1680 g/mol. The molecule has 0 amide bonds. The first-order valence-electron chi connectivity index (χ1n) is 24.9. The summed E-state index contributed by atoms with van der Waals surface area (Å²) in [4.78, 5) is 0. The van der Waals surface area contributed by atoms with E-state index in [1.54, 1.807) is 0 Å². The van der Waals surface area contributed by atoms with Gasteiger partial charge in [0.1, 0.15) is 146 Å². The van der Waals surface area contributed by atoms with Crippen LogP contribution in [0.5, 0.6) is 0 Å². The van der Waals surface area contributed by atoms with Crippen LogP contribution in [-0.4, -0.2) is 363 Å². The van der Waals surface area contributed by atoms with Gasteiger partial charge in [-0.05, 0) is 0 Å². The van der Waals surface area contributed by atoms with E-state index in [1.807, 2.05) is 0 Å². The normalized spacial score (nSPS) is 42.1. The molecule has 0 radical (unpaired) electrons. The molecular formula is C36H54K6O48S6. The van der Waals surface area contributed by atoms with Crippen molar-refractivity contribution in [3.63, 3.8) is 0 Å². The van der Waals surface area contributed by atoms with Crippen LogP contribution >= 0.6 is 0 Å². The predicted octanol–water partition coefficient (Wildman–Crippen LogP) is -34.1. The fourth-order valence-corrected chi connectivity index (χ4v) is 11.6. The second-order valence-corrected chi connectivity index (χ2v) is 26.2. The van der Waals surface area contributed by atoms with Crippen molar-refractivity contribution in [2.24, 2.45) is 0 Å². The molecule has 22 rings (SSSR count). The number of ether oxygens (including phenoxy) is 12. The molecule has 0 unspecified atom stereocenters. The number of aliphatic hydroxyl groups excluding tert-OH is 12. The predicted molar refractivity (Wildman–Crippen MR) is 247 cm³/mol. The molecular weight excluding hydrogens is 1630 g/mol. The van der Waals surface area contributed by atoms with E-state index in [0.29, 0.717) is 0 Å². The molecule has 0 aromatic heterocycles. The molecule has 22 aliphatic rings. The van der Waals surface area contributed by atoms with E-state index in [-0.39, 0.29) is 308 Å². The molecule has 22 fully saturated rings. The van der Waals surface area contributed by atoms with Gasteiger partial charge in [0.2, 0.25) is 62.4 Å². The molecule has 0 aromatic rings. The second kappa shape index (κ2) is 43.0. The van der Waals surface area contributed by atoms with Crippen LogP contribution in [0.4, 0.5) is 0 Å². The van der Waals surface area contributed by atoms with Crippen molar-refractivity contribution >= 4 is 62.4 Å². The number of hydrogen-bond donors (Lipinski definition) is 12. The summed E-state index contributed by atoms with van der Waals surface area (Å²) in [6.07, 6.45) is -78.9. The summed E-state index contributed by atoms with van der Waals surface area (Å²) in [5.41, 5.74) is 0. The SMILES string of the molecule is O=S(=O)([O-])OC[C@H]1O[C@@H]2O[C@H]3[C@H](O)[C@@H](O)[C@@H](O[C@H]4[C@H](O)[C@@H](O)[C@@H](O[C@H]5[C@H](O)[C@@H](O)[C@@H](O[C@H]6[C@H](O)[C@@H](O)[C@@H](O[C@H]7[C@H](O)[C@@H](O)[C@@H](O[C@H]1[C@H](O)[C@H]2O)O[C@@H]7COS(=O)(=O)[O-])O[C@@H]6COS(=O)(=O)[O-])O[C@@H]5COS(=O)(=O)[O-])O[C@@H]4COS(=O)(=O)[O-])O[C@@H]3COS(=O)(=O)[O-].[K+].[K+].[K+].[K+].[K+].[K+]. The summed E-state index contributed by atoms with van der Waals surface area (Å²) >= 11 is 0. The van der Waals surface area contributed by atoms with Crippen molar-refractivity contribution in [2.45, 2.75) is 184 Å². The van der Waals surface area contributed by atoms with Crippen molar-refractivity contribution in [3.05, 3.63) is 0 Å². The molecule has 0 aliphatic carbocycles. The molecule has 0 spiro atoms. The molecule has 30 atom stereocenters. The summed E-state index contributed by atoms with van der Waals surface area (Å²) in [7, 11) is -35.1. The summed E-state index contributed by atoms with van der Waals surface area (Å²) in [6.45, 7) is -10.0. The van der Waals surface area contributed by atoms with Crippen molar-refractivity contribution in [2.75, 3.05) is 39.6 Å². The van der Waals surface area contributed by atoms with Gasteiger partial charge in [0.25, 0.3) is 0 Å². The van der Waals surface area contributed by atoms with E-state index < -0.39 is 286 Å². The maximum atomic E-state index is 11.7. The minimum absolute atomic E-state index is 0. The van der Waals surface area contributed by atoms with Crippen molar-refractivity contribution < 1.29 is 529 Å². The fraction of sp³-hybridized carbons (Fsp3) is 1.00. The Hall–Kier alpha value is 8.08. The molecule has 12 bridgehead atoms. The summed E-state index contributed by atoms with van der Waals surface area (Å²) in [6, 6.07) is 0. The molecule has 22 saturated heterocycles. The zero-order valence-electron chi connectivity index (χ0n) is 50.1. The Kier molecular flexibility index (Phi) is 45.7. The van der Waals surface area contributed by atoms with Gasteiger partial charge < -0.3 is 145 Å². The van der Waals surface area contributed by atoms with E-state index in [1.165, 1.54) is 0 Å². The molecule has 96 heavy (non-hydrogen) atoms. The first-order valence-corrected chi connectivity index (χ1v) is 32.9. The zero-order chi connectivity index (χ0) is 67.3. The number of aliphatic hydroxyl groups is 12. The van der Waals surface area contributed by atoms with Crippen molar-refractivity contribution in [3.8, 4) is 0 Å². The molecule has 0 saturated carbocycles. The van der Waals surface area contributed by atoms with Gasteiger partial charge >= 0.3 is 308 Å². The van der Waals surface area contributed by atoms with E-state index in [4.69, 9.17) is 56.8 Å². The summed E-state index contributed by atoms with van der Waals surface area (Å²) < 4.78 is 302. The Balaban J connectivity index is 0.00000768. The number of hydrogen-bond acceptors (Lipinski definition) is 48. The van der Waals surface area contributed by atoms with Gasteiger partial charge in [-0.25, -0.2) is 50.5 Å². The van der Waals surface area contributed by atoms with Crippen LogP contribution in [-0.2, 0) is 144 Å². The van der Waals surface area contributed by atoms with Gasteiger partial charge in [0.05, 0.1) is 39.6 Å². The fourth-order valence-electron chi connectivity index (χ4n) is 9.75. The standard InChI is InChI=1S/C36H60O48S6.6K/c37-13-19(43)31-73-7(1-67-85(49,50)51)25(13)79-32-20(44)14(38)27(9(74-32)3-69-87(55,56)57)81-34-22(46)16(40)29(11(76-34)5-71-89(61,62)63)83-36-24(48)18(42)30(12(78-36)6-72-90(64,65)66)84-35-23(47)17(41)28(10(77-35)4-70-88(58,59)60)82-33-21(45)15(39)26(80-31)8(75-33)2-68-86(52,53)54;;;;;;/h7-48H,1-6H2,(H,49,50,51)(H,52,53,54)(H,55,56,57)(H,58,59,60)(H,61,62,63)(H,64,65,66);;;;;;/q;6*+1/p-6/t7-,8-,9-,10-,11-,12-,13-,14-,15-,16-,17-,18-,19-,20-,21-,22-,23-,24-,25-,26-,27-,28-,29-,30-,31-,32-,33-,34-,35-,36-;;;;;;/m1....../s1. The zero-order valence-corrected chi connectivity index (χ0v) is 73.7. The third-order valence-corrected chi connectivity index (χ3v) is 16.4. The topological polar surface area (TPSA) is 752 Å². The average molecular weight is 1680 g/mol. The molecule has 22 aliphatic heterocycles. The summed E-state index contributed by atoms with van der Waals surface area (Å²) in [5, 5.41) is 138. The summed E-state index contributed by atoms with van der Waals surface area (Å²) in [5.74, 6) is 0. The van der Waals surface area contributed by atoms with Gasteiger partial charge in [0, 0.05) is 0 Å². The van der Waals surface area contributed by atoms with Crippen molar-refractivity contribution in [1.29, 1.82) is 0 Å². The van der Waals surface area contributed by atoms with Crippen LogP contribution in [0.3, 0.4) is 0 Å². The van der Waals surface area contributed by atoms with Crippen molar-refractivity contribution in [1.82, 2.24) is 0 Å². The molecule has 12 N–H and O–H groups in total. The molecule has 60 heteroatoms. The van der Waals surface area contributed by atoms with Crippen LogP contribution in [0.2, 0.25) is 0 Å². The maximum absolute atomic E-state index is 11.7. The van der Waals surface area contributed by atoms with E-state index in [0.717, 1.165) is 0 Å². The molecule has 48 nitrogen and oxygen atoms in total. The quantitative estimate of drug-likeness (QED) is 0.0344. The van der Waals surface area contributed by atoms with Crippen LogP contribution in [0.15, 0.2) is 0 Å². The van der Waals surface area contributed by atoms with E-state index in [9.17, 15) is 139 Å². The Morgan fingerprint density at radius 2 is 0.312 bits per heavy atom. The minimum Gasteiger partial charge on any atom is -0.726 e. The minimum atomic E-state index is -5.86. The molecule has 528 valence electrons. The van der Waals surface area contributed by atoms with Gasteiger partial charge in [-0.15, -0.1) is 0 Å². The van der Waals surface area contributed by atoms with Crippen LogP contribution in [0, 0.1) is 0 Å². The van der Waals surface area contributed by atoms with E-state index >= 15 is 0 Å². The van der Waals surface area contributed by atoms with Crippen LogP contribution in [0.1, 0.15) is 0 Å². The smallest absolute Gasteiger partial charge is 0.726 e. The maximum Gasteiger partial charge on any atom is 1.00 e. The Morgan fingerprint density at radius 1 is 0.208 bits per heavy atom. The third-order valence-electron chi connectivity index (χ3n) is 13.9. The molecule has 22 heterocycles.